The van der Waals surface area contributed by atoms with Crippen LogP contribution in [0.1, 0.15) is 12.8 Å². The molecule has 2 rings (SSSR count). The van der Waals surface area contributed by atoms with Crippen molar-refractivity contribution < 1.29 is 14.4 Å². The van der Waals surface area contributed by atoms with Crippen molar-refractivity contribution in [1.82, 2.24) is 10.2 Å². The zero-order chi connectivity index (χ0) is 11.5. The van der Waals surface area contributed by atoms with Crippen molar-refractivity contribution in [2.75, 3.05) is 13.1 Å². The van der Waals surface area contributed by atoms with Gasteiger partial charge in [0, 0.05) is 19.8 Å². The molecule has 1 N–H and O–H groups in total. The summed E-state index contributed by atoms with van der Waals surface area (Å²) in [5.74, 6) is -0.212. The summed E-state index contributed by atoms with van der Waals surface area (Å²) >= 11 is 1.04. The van der Waals surface area contributed by atoms with E-state index in [9.17, 15) is 9.59 Å². The van der Waals surface area contributed by atoms with Gasteiger partial charge in [-0.3, -0.25) is 19.8 Å². The Morgan fingerprint density at radius 2 is 2.12 bits per heavy atom. The monoisotopic (exact) mass is 243 g/mol. The minimum absolute atomic E-state index is 0.0823. The first-order valence-electron chi connectivity index (χ1n) is 5.08. The van der Waals surface area contributed by atoms with Gasteiger partial charge in [-0.2, -0.15) is 0 Å². The number of amides is 2. The first-order valence-corrected chi connectivity index (χ1v) is 5.96. The number of thioether (sulfide) groups is 1. The van der Waals surface area contributed by atoms with Crippen LogP contribution in [0.4, 0.5) is 4.79 Å². The first-order chi connectivity index (χ1) is 7.70. The average molecular weight is 243 g/mol. The van der Waals surface area contributed by atoms with Crippen molar-refractivity contribution in [2.45, 2.75) is 24.3 Å². The molecule has 1 unspecified atom stereocenters. The molecule has 2 saturated heterocycles. The predicted octanol–water partition coefficient (Wildman–Crippen LogP) is 0.392. The minimum Gasteiger partial charge on any atom is -0.393 e. The van der Waals surface area contributed by atoms with E-state index in [0.717, 1.165) is 37.7 Å². The molecule has 88 valence electrons. The molecule has 0 bridgehead atoms. The van der Waals surface area contributed by atoms with Gasteiger partial charge < -0.3 is 4.84 Å². The van der Waals surface area contributed by atoms with Gasteiger partial charge in [0.25, 0.3) is 11.1 Å². The summed E-state index contributed by atoms with van der Waals surface area (Å²) in [4.78, 5) is 29.5. The van der Waals surface area contributed by atoms with E-state index in [0.29, 0.717) is 0 Å². The summed E-state index contributed by atoms with van der Waals surface area (Å²) in [6.07, 6.45) is 1.69. The predicted molar refractivity (Wildman–Crippen MR) is 60.1 cm³/mol. The van der Waals surface area contributed by atoms with Gasteiger partial charge in [-0.05, 0) is 24.6 Å². The van der Waals surface area contributed by atoms with Gasteiger partial charge in [0.1, 0.15) is 11.5 Å². The van der Waals surface area contributed by atoms with Gasteiger partial charge in [0.2, 0.25) is 0 Å². The Bertz CT molecular complexity index is 315. The molecule has 0 radical (unpaired) electrons. The van der Waals surface area contributed by atoms with E-state index in [4.69, 9.17) is 4.84 Å². The van der Waals surface area contributed by atoms with Gasteiger partial charge in [-0.15, -0.1) is 5.16 Å². The maximum Gasteiger partial charge on any atom is 0.287 e. The summed E-state index contributed by atoms with van der Waals surface area (Å²) in [6.45, 7) is 4.74. The van der Waals surface area contributed by atoms with E-state index < -0.39 is 0 Å². The molecule has 1 atom stereocenters. The fraction of sp³-hybridized carbons (Fsp3) is 0.667. The number of hydrogen-bond donors (Lipinski definition) is 1. The molecule has 0 aromatic rings. The molecule has 2 amide bonds. The molecular formula is C9H13N3O3S. The highest BCUT2D eigenvalue weighted by molar-refractivity contribution is 8.15. The quantitative estimate of drug-likeness (QED) is 0.573. The Labute approximate surface area is 97.4 Å². The number of oxime groups is 1. The number of carbonyl (C=O) groups excluding carboxylic acids is 2. The molecule has 2 aliphatic rings. The van der Waals surface area contributed by atoms with Crippen LogP contribution < -0.4 is 5.32 Å². The van der Waals surface area contributed by atoms with E-state index in [1.807, 2.05) is 4.90 Å². The highest BCUT2D eigenvalue weighted by atomic mass is 32.2. The topological polar surface area (TPSA) is 71.0 Å². The number of nitrogens with zero attached hydrogens (tertiary/aromatic N) is 2. The van der Waals surface area contributed by atoms with Crippen molar-refractivity contribution >= 4 is 29.6 Å². The average Bonchev–Trinajstić information content (AvgIpc) is 2.59. The van der Waals surface area contributed by atoms with Crippen LogP contribution in [0.3, 0.4) is 0 Å². The molecule has 2 fully saturated rings. The largest absolute Gasteiger partial charge is 0.393 e. The first kappa shape index (κ1) is 11.4. The van der Waals surface area contributed by atoms with Gasteiger partial charge in [0.05, 0.1) is 0 Å². The Kier molecular flexibility index (Phi) is 3.45. The van der Waals surface area contributed by atoms with Crippen molar-refractivity contribution in [2.24, 2.45) is 5.16 Å². The Morgan fingerprint density at radius 1 is 1.44 bits per heavy atom. The molecule has 2 heterocycles. The van der Waals surface area contributed by atoms with E-state index >= 15 is 0 Å². The van der Waals surface area contributed by atoms with Crippen LogP contribution in [-0.4, -0.2) is 47.3 Å². The maximum atomic E-state index is 11.4. The zero-order valence-electron chi connectivity index (χ0n) is 8.72. The molecule has 6 nitrogen and oxygen atoms in total. The lowest BCUT2D eigenvalue weighted by molar-refractivity contribution is -0.122. The van der Waals surface area contributed by atoms with Crippen LogP contribution in [0, 0.1) is 0 Å². The molecule has 0 aliphatic carbocycles. The number of piperidine rings is 1. The molecule has 0 aromatic heterocycles. The molecular weight excluding hydrogens is 230 g/mol. The number of nitrogens with one attached hydrogen (secondary N) is 1. The van der Waals surface area contributed by atoms with Gasteiger partial charge in [-0.1, -0.05) is 0 Å². The lowest BCUT2D eigenvalue weighted by atomic mass is 10.1. The lowest BCUT2D eigenvalue weighted by Gasteiger charge is -2.32. The highest BCUT2D eigenvalue weighted by Crippen LogP contribution is 2.26. The SMILES string of the molecule is C=NOC1CCN(C2SC(=O)NC2=O)CC1. The van der Waals surface area contributed by atoms with Crippen LogP contribution in [0.5, 0.6) is 0 Å². The van der Waals surface area contributed by atoms with Crippen LogP contribution in [-0.2, 0) is 9.63 Å². The van der Waals surface area contributed by atoms with E-state index in [1.54, 1.807) is 0 Å². The number of likely N-dealkylation sites (tertiary alicyclic amines) is 1. The van der Waals surface area contributed by atoms with Gasteiger partial charge in [-0.25, -0.2) is 0 Å². The van der Waals surface area contributed by atoms with Crippen LogP contribution in [0.2, 0.25) is 0 Å². The number of carbonyl (C=O) groups is 2. The fourth-order valence-corrected chi connectivity index (χ4v) is 2.80. The van der Waals surface area contributed by atoms with Crippen LogP contribution in [0.25, 0.3) is 0 Å². The van der Waals surface area contributed by atoms with Gasteiger partial charge in [0.15, 0.2) is 0 Å². The summed E-state index contributed by atoms with van der Waals surface area (Å²) in [5, 5.41) is 5.05. The standard InChI is InChI=1S/C9H13N3O3S/c1-10-15-6-2-4-12(5-3-6)8-7(13)11-9(14)16-8/h6,8H,1-5H2,(H,11,13,14). The molecule has 0 aromatic carbocycles. The van der Waals surface area contributed by atoms with E-state index in [-0.39, 0.29) is 22.6 Å². The third-order valence-corrected chi connectivity index (χ3v) is 3.75. The Morgan fingerprint density at radius 3 is 2.62 bits per heavy atom. The zero-order valence-corrected chi connectivity index (χ0v) is 9.53. The van der Waals surface area contributed by atoms with Crippen molar-refractivity contribution in [3.63, 3.8) is 0 Å². The molecule has 2 aliphatic heterocycles. The van der Waals surface area contributed by atoms with Crippen LogP contribution in [0.15, 0.2) is 5.16 Å². The second-order valence-corrected chi connectivity index (χ2v) is 4.77. The fourth-order valence-electron chi connectivity index (χ4n) is 1.91. The molecule has 7 heteroatoms. The lowest BCUT2D eigenvalue weighted by Crippen LogP contribution is -2.45. The second-order valence-electron chi connectivity index (χ2n) is 3.72. The number of hydrogen-bond acceptors (Lipinski definition) is 6. The number of imide groups is 1. The van der Waals surface area contributed by atoms with E-state index in [1.165, 1.54) is 0 Å². The normalized spacial score (nSPS) is 27.9. The summed E-state index contributed by atoms with van der Waals surface area (Å²) in [7, 11) is 0. The Balaban J connectivity index is 1.87. The van der Waals surface area contributed by atoms with Crippen molar-refractivity contribution in [3.8, 4) is 0 Å². The summed E-state index contributed by atoms with van der Waals surface area (Å²) in [5.41, 5.74) is 0. The maximum absolute atomic E-state index is 11.4. The highest BCUT2D eigenvalue weighted by Gasteiger charge is 2.38. The second kappa shape index (κ2) is 4.84. The van der Waals surface area contributed by atoms with Crippen molar-refractivity contribution in [1.29, 1.82) is 0 Å². The number of rotatable bonds is 3. The van der Waals surface area contributed by atoms with Crippen molar-refractivity contribution in [3.05, 3.63) is 0 Å². The van der Waals surface area contributed by atoms with Gasteiger partial charge >= 0.3 is 0 Å². The summed E-state index contributed by atoms with van der Waals surface area (Å²) in [6, 6.07) is 0. The molecule has 0 saturated carbocycles. The third-order valence-electron chi connectivity index (χ3n) is 2.70. The van der Waals surface area contributed by atoms with E-state index in [2.05, 4.69) is 17.2 Å². The summed E-state index contributed by atoms with van der Waals surface area (Å²) < 4.78 is 0. The Hall–Kier alpha value is -1.08. The smallest absolute Gasteiger partial charge is 0.287 e. The third kappa shape index (κ3) is 2.35. The minimum atomic E-state index is -0.370. The molecule has 16 heavy (non-hydrogen) atoms. The molecule has 0 spiro atoms. The van der Waals surface area contributed by atoms with Crippen LogP contribution >= 0.6 is 11.8 Å².